The fourth-order valence-corrected chi connectivity index (χ4v) is 4.03. The zero-order chi connectivity index (χ0) is 20.8. The summed E-state index contributed by atoms with van der Waals surface area (Å²) in [5.41, 5.74) is 0. The highest BCUT2D eigenvalue weighted by atomic mass is 28.4. The summed E-state index contributed by atoms with van der Waals surface area (Å²) < 4.78 is 17.9. The van der Waals surface area contributed by atoms with Gasteiger partial charge >= 0.3 is 5.97 Å². The van der Waals surface area contributed by atoms with Crippen LogP contribution in [-0.4, -0.2) is 42.4 Å². The van der Waals surface area contributed by atoms with Gasteiger partial charge < -0.3 is 13.6 Å². The van der Waals surface area contributed by atoms with Crippen molar-refractivity contribution < 1.29 is 18.4 Å². The SMILES string of the molecule is CCOC(=O)CCC(CO[Si](C)(C)C(C)(C)C)CO[Si](C)(C)C(C)(C)C. The largest absolute Gasteiger partial charge is 0.466 e. The molecule has 0 atom stereocenters. The summed E-state index contributed by atoms with van der Waals surface area (Å²) in [5.74, 6) is 0.0970. The van der Waals surface area contributed by atoms with Crippen LogP contribution < -0.4 is 0 Å². The fraction of sp³-hybridized carbons (Fsp3) is 0.950. The molecule has 0 aliphatic rings. The van der Waals surface area contributed by atoms with E-state index < -0.39 is 16.6 Å². The first kappa shape index (κ1) is 25.8. The van der Waals surface area contributed by atoms with Gasteiger partial charge in [-0.3, -0.25) is 4.79 Å². The number of carbonyl (C=O) groups is 1. The van der Waals surface area contributed by atoms with E-state index in [0.717, 1.165) is 6.42 Å². The molecule has 0 amide bonds. The topological polar surface area (TPSA) is 44.8 Å². The van der Waals surface area contributed by atoms with E-state index in [1.54, 1.807) is 0 Å². The molecule has 4 nitrogen and oxygen atoms in total. The van der Waals surface area contributed by atoms with Crippen LogP contribution in [0.2, 0.25) is 36.3 Å². The molecular formula is C20H44O4Si2. The lowest BCUT2D eigenvalue weighted by Gasteiger charge is -2.39. The summed E-state index contributed by atoms with van der Waals surface area (Å²) in [6, 6.07) is 0. The monoisotopic (exact) mass is 404 g/mol. The maximum absolute atomic E-state index is 11.8. The number of hydrogen-bond donors (Lipinski definition) is 0. The van der Waals surface area contributed by atoms with Gasteiger partial charge in [-0.2, -0.15) is 0 Å². The van der Waals surface area contributed by atoms with E-state index in [9.17, 15) is 4.79 Å². The van der Waals surface area contributed by atoms with Crippen LogP contribution in [0, 0.1) is 5.92 Å². The van der Waals surface area contributed by atoms with E-state index in [1.807, 2.05) is 6.92 Å². The third kappa shape index (κ3) is 8.67. The Morgan fingerprint density at radius 3 is 1.54 bits per heavy atom. The Bertz CT molecular complexity index is 404. The maximum Gasteiger partial charge on any atom is 0.305 e. The van der Waals surface area contributed by atoms with E-state index in [0.29, 0.717) is 26.2 Å². The lowest BCUT2D eigenvalue weighted by Crippen LogP contribution is -2.44. The lowest BCUT2D eigenvalue weighted by molar-refractivity contribution is -0.143. The predicted octanol–water partition coefficient (Wildman–Crippen LogP) is 5.99. The quantitative estimate of drug-likeness (QED) is 0.331. The van der Waals surface area contributed by atoms with Gasteiger partial charge in [0.1, 0.15) is 0 Å². The minimum Gasteiger partial charge on any atom is -0.466 e. The van der Waals surface area contributed by atoms with Gasteiger partial charge in [0.25, 0.3) is 0 Å². The van der Waals surface area contributed by atoms with Crippen LogP contribution in [0.15, 0.2) is 0 Å². The second-order valence-electron chi connectivity index (χ2n) is 10.4. The number of carbonyl (C=O) groups excluding carboxylic acids is 1. The number of hydrogen-bond acceptors (Lipinski definition) is 4. The molecule has 0 radical (unpaired) electrons. The normalized spacial score (nSPS) is 14.0. The third-order valence-corrected chi connectivity index (χ3v) is 15.0. The Labute approximate surface area is 164 Å². The Morgan fingerprint density at radius 2 is 1.23 bits per heavy atom. The van der Waals surface area contributed by atoms with E-state index in [2.05, 4.69) is 67.7 Å². The summed E-state index contributed by atoms with van der Waals surface area (Å²) in [4.78, 5) is 11.8. The Balaban J connectivity index is 4.93. The summed E-state index contributed by atoms with van der Waals surface area (Å²) in [6.45, 7) is 26.2. The van der Waals surface area contributed by atoms with Crippen molar-refractivity contribution in [1.29, 1.82) is 0 Å². The molecular weight excluding hydrogens is 360 g/mol. The van der Waals surface area contributed by atoms with Gasteiger partial charge in [-0.05, 0) is 49.6 Å². The molecule has 26 heavy (non-hydrogen) atoms. The van der Waals surface area contributed by atoms with Gasteiger partial charge in [0, 0.05) is 25.6 Å². The molecule has 0 saturated heterocycles. The van der Waals surface area contributed by atoms with Gasteiger partial charge in [-0.15, -0.1) is 0 Å². The van der Waals surface area contributed by atoms with E-state index in [4.69, 9.17) is 13.6 Å². The van der Waals surface area contributed by atoms with Crippen molar-refractivity contribution in [2.24, 2.45) is 5.92 Å². The predicted molar refractivity (Wildman–Crippen MR) is 116 cm³/mol. The van der Waals surface area contributed by atoms with Crippen LogP contribution in [0.1, 0.15) is 61.3 Å². The molecule has 0 rings (SSSR count). The van der Waals surface area contributed by atoms with Crippen molar-refractivity contribution in [2.75, 3.05) is 19.8 Å². The van der Waals surface area contributed by atoms with Gasteiger partial charge in [-0.1, -0.05) is 41.5 Å². The highest BCUT2D eigenvalue weighted by molar-refractivity contribution is 6.74. The molecule has 0 aromatic rings. The van der Waals surface area contributed by atoms with Crippen LogP contribution in [-0.2, 0) is 18.4 Å². The molecule has 156 valence electrons. The molecule has 0 fully saturated rings. The van der Waals surface area contributed by atoms with Gasteiger partial charge in [0.2, 0.25) is 0 Å². The highest BCUT2D eigenvalue weighted by Gasteiger charge is 2.39. The molecule has 6 heteroatoms. The van der Waals surface area contributed by atoms with E-state index in [1.165, 1.54) is 0 Å². The average Bonchev–Trinajstić information content (AvgIpc) is 2.44. The van der Waals surface area contributed by atoms with Crippen LogP contribution in [0.5, 0.6) is 0 Å². The van der Waals surface area contributed by atoms with Crippen LogP contribution in [0.4, 0.5) is 0 Å². The standard InChI is InChI=1S/C20H44O4Si2/c1-12-22-18(21)14-13-17(15-23-25(8,9)19(2,3)4)16-24-26(10,11)20(5,6)7/h17H,12-16H2,1-11H3. The molecule has 0 bridgehead atoms. The highest BCUT2D eigenvalue weighted by Crippen LogP contribution is 2.38. The van der Waals surface area contributed by atoms with Crippen LogP contribution in [0.3, 0.4) is 0 Å². The summed E-state index contributed by atoms with van der Waals surface area (Å²) in [6.07, 6.45) is 1.18. The molecule has 0 aliphatic heterocycles. The summed E-state index contributed by atoms with van der Waals surface area (Å²) >= 11 is 0. The van der Waals surface area contributed by atoms with Crippen molar-refractivity contribution in [3.63, 3.8) is 0 Å². The average molecular weight is 405 g/mol. The second kappa shape index (κ2) is 9.85. The maximum atomic E-state index is 11.8. The molecule has 0 aromatic heterocycles. The van der Waals surface area contributed by atoms with Crippen molar-refractivity contribution in [1.82, 2.24) is 0 Å². The zero-order valence-corrected chi connectivity index (χ0v) is 21.2. The Morgan fingerprint density at radius 1 is 0.846 bits per heavy atom. The first-order chi connectivity index (χ1) is 11.5. The first-order valence-corrected chi connectivity index (χ1v) is 15.8. The van der Waals surface area contributed by atoms with Crippen molar-refractivity contribution in [2.45, 2.75) is 97.6 Å². The Hall–Kier alpha value is -0.176. The molecule has 0 N–H and O–H groups in total. The third-order valence-electron chi connectivity index (χ3n) is 6.03. The minimum atomic E-state index is -1.81. The first-order valence-electron chi connectivity index (χ1n) is 9.97. The van der Waals surface area contributed by atoms with Crippen LogP contribution in [0.25, 0.3) is 0 Å². The van der Waals surface area contributed by atoms with Gasteiger partial charge in [0.15, 0.2) is 16.6 Å². The molecule has 0 aliphatic carbocycles. The summed E-state index contributed by atoms with van der Waals surface area (Å²) in [7, 11) is -3.62. The molecule has 0 unspecified atom stereocenters. The fourth-order valence-electron chi connectivity index (χ4n) is 1.86. The molecule has 0 spiro atoms. The number of ether oxygens (including phenoxy) is 1. The van der Waals surface area contributed by atoms with E-state index in [-0.39, 0.29) is 22.0 Å². The smallest absolute Gasteiger partial charge is 0.305 e. The van der Waals surface area contributed by atoms with Gasteiger partial charge in [0.05, 0.1) is 6.61 Å². The van der Waals surface area contributed by atoms with E-state index >= 15 is 0 Å². The van der Waals surface area contributed by atoms with Gasteiger partial charge in [-0.25, -0.2) is 0 Å². The minimum absolute atomic E-state index is 0.128. The number of rotatable bonds is 10. The second-order valence-corrected chi connectivity index (χ2v) is 20.0. The molecule has 0 heterocycles. The summed E-state index contributed by atoms with van der Waals surface area (Å²) in [5, 5.41) is 0.359. The molecule has 0 aromatic carbocycles. The van der Waals surface area contributed by atoms with Crippen LogP contribution >= 0.6 is 0 Å². The van der Waals surface area contributed by atoms with Crippen molar-refractivity contribution >= 4 is 22.6 Å². The number of esters is 1. The lowest BCUT2D eigenvalue weighted by atomic mass is 10.1. The van der Waals surface area contributed by atoms with Crippen molar-refractivity contribution in [3.8, 4) is 0 Å². The van der Waals surface area contributed by atoms with Crippen molar-refractivity contribution in [3.05, 3.63) is 0 Å². The molecule has 0 saturated carbocycles. The Kier molecular flexibility index (Phi) is 9.78. The zero-order valence-electron chi connectivity index (χ0n) is 19.2.